The second-order valence-electron chi connectivity index (χ2n) is 3.14. The fourth-order valence-corrected chi connectivity index (χ4v) is 1.78. The predicted octanol–water partition coefficient (Wildman–Crippen LogP) is 2.01. The molecule has 0 fully saturated rings. The van der Waals surface area contributed by atoms with Crippen LogP contribution in [0.25, 0.3) is 5.65 Å². The molecular weight excluding hydrogens is 198 g/mol. The molecule has 0 saturated heterocycles. The lowest BCUT2D eigenvalue weighted by Gasteiger charge is -1.99. The Bertz CT molecular complexity index is 462. The maximum Gasteiger partial charge on any atom is 0.137 e. The van der Waals surface area contributed by atoms with Gasteiger partial charge in [0.25, 0.3) is 0 Å². The Morgan fingerprint density at radius 2 is 2.29 bits per heavy atom. The molecule has 0 aliphatic heterocycles. The number of fused-ring (bicyclic) bond motifs is 1. The second-order valence-corrected chi connectivity index (χ2v) is 3.57. The molecule has 0 aromatic carbocycles. The van der Waals surface area contributed by atoms with E-state index in [1.165, 1.54) is 0 Å². The highest BCUT2D eigenvalue weighted by molar-refractivity contribution is 6.30. The molecule has 2 rings (SSSR count). The number of hydrogen-bond donors (Lipinski definition) is 1. The number of hydrogen-bond acceptors (Lipinski definition) is 2. The molecule has 4 heteroatoms. The van der Waals surface area contributed by atoms with E-state index in [-0.39, 0.29) is 0 Å². The summed E-state index contributed by atoms with van der Waals surface area (Å²) in [5.41, 5.74) is 8.69. The average Bonchev–Trinajstić information content (AvgIpc) is 2.54. The summed E-state index contributed by atoms with van der Waals surface area (Å²) >= 11 is 5.91. The van der Waals surface area contributed by atoms with E-state index in [1.807, 2.05) is 22.7 Å². The van der Waals surface area contributed by atoms with Gasteiger partial charge in [0.15, 0.2) is 0 Å². The van der Waals surface area contributed by atoms with Crippen molar-refractivity contribution >= 4 is 17.2 Å². The molecule has 2 aromatic heterocycles. The van der Waals surface area contributed by atoms with E-state index in [0.29, 0.717) is 11.6 Å². The molecule has 0 spiro atoms. The first kappa shape index (κ1) is 9.49. The van der Waals surface area contributed by atoms with Gasteiger partial charge in [-0.05, 0) is 18.6 Å². The van der Waals surface area contributed by atoms with Crippen LogP contribution in [0.4, 0.5) is 0 Å². The van der Waals surface area contributed by atoms with Gasteiger partial charge in [0.2, 0.25) is 0 Å². The molecule has 14 heavy (non-hydrogen) atoms. The van der Waals surface area contributed by atoms with E-state index < -0.39 is 0 Å². The summed E-state index contributed by atoms with van der Waals surface area (Å²) in [5.74, 6) is 0. The fourth-order valence-electron chi connectivity index (χ4n) is 1.62. The standard InChI is InChI=1S/C10H12ClN3/c1-2-8-9(5-12)14-6-7(11)3-4-10(14)13-8/h3-4,6H,2,5,12H2,1H3. The zero-order valence-corrected chi connectivity index (χ0v) is 8.75. The number of rotatable bonds is 2. The van der Waals surface area contributed by atoms with Gasteiger partial charge >= 0.3 is 0 Å². The summed E-state index contributed by atoms with van der Waals surface area (Å²) in [6.45, 7) is 2.56. The molecule has 2 heterocycles. The molecule has 0 bridgehead atoms. The number of nitrogens with zero attached hydrogens (tertiary/aromatic N) is 2. The molecule has 0 radical (unpaired) electrons. The minimum atomic E-state index is 0.491. The van der Waals surface area contributed by atoms with Crippen LogP contribution in [0.1, 0.15) is 18.3 Å². The van der Waals surface area contributed by atoms with Crippen molar-refractivity contribution in [1.29, 1.82) is 0 Å². The van der Waals surface area contributed by atoms with Gasteiger partial charge in [0.05, 0.1) is 16.4 Å². The highest BCUT2D eigenvalue weighted by Gasteiger charge is 2.08. The largest absolute Gasteiger partial charge is 0.325 e. The van der Waals surface area contributed by atoms with Gasteiger partial charge < -0.3 is 10.1 Å². The van der Waals surface area contributed by atoms with E-state index in [9.17, 15) is 0 Å². The molecule has 2 N–H and O–H groups in total. The zero-order valence-electron chi connectivity index (χ0n) is 8.00. The molecule has 2 aromatic rings. The second kappa shape index (κ2) is 3.59. The van der Waals surface area contributed by atoms with Crippen LogP contribution in [-0.2, 0) is 13.0 Å². The normalized spacial score (nSPS) is 11.1. The topological polar surface area (TPSA) is 43.3 Å². The van der Waals surface area contributed by atoms with Crippen LogP contribution in [0.15, 0.2) is 18.3 Å². The lowest BCUT2D eigenvalue weighted by molar-refractivity contribution is 0.916. The van der Waals surface area contributed by atoms with E-state index in [4.69, 9.17) is 17.3 Å². The third-order valence-corrected chi connectivity index (χ3v) is 2.52. The van der Waals surface area contributed by atoms with Crippen molar-refractivity contribution in [3.05, 3.63) is 34.7 Å². The average molecular weight is 210 g/mol. The first-order valence-electron chi connectivity index (χ1n) is 4.61. The van der Waals surface area contributed by atoms with Crippen LogP contribution >= 0.6 is 11.6 Å². The lowest BCUT2D eigenvalue weighted by atomic mass is 10.2. The van der Waals surface area contributed by atoms with Gasteiger partial charge in [0.1, 0.15) is 5.65 Å². The Balaban J connectivity index is 2.74. The summed E-state index contributed by atoms with van der Waals surface area (Å²) in [4.78, 5) is 4.47. The Labute approximate surface area is 87.5 Å². The summed E-state index contributed by atoms with van der Waals surface area (Å²) in [5, 5.41) is 0.701. The van der Waals surface area contributed by atoms with E-state index in [0.717, 1.165) is 23.5 Å². The quantitative estimate of drug-likeness (QED) is 0.823. The SMILES string of the molecule is CCc1nc2ccc(Cl)cn2c1CN. The Morgan fingerprint density at radius 1 is 1.50 bits per heavy atom. The van der Waals surface area contributed by atoms with Crippen molar-refractivity contribution < 1.29 is 0 Å². The molecule has 0 atom stereocenters. The van der Waals surface area contributed by atoms with Crippen LogP contribution in [0.2, 0.25) is 5.02 Å². The Morgan fingerprint density at radius 3 is 2.93 bits per heavy atom. The van der Waals surface area contributed by atoms with Gasteiger partial charge in [-0.2, -0.15) is 0 Å². The highest BCUT2D eigenvalue weighted by atomic mass is 35.5. The van der Waals surface area contributed by atoms with E-state index in [2.05, 4.69) is 11.9 Å². The summed E-state index contributed by atoms with van der Waals surface area (Å²) in [6.07, 6.45) is 2.75. The lowest BCUT2D eigenvalue weighted by Crippen LogP contribution is -2.03. The maximum atomic E-state index is 5.91. The van der Waals surface area contributed by atoms with Crippen LogP contribution < -0.4 is 5.73 Å². The van der Waals surface area contributed by atoms with Gasteiger partial charge in [-0.15, -0.1) is 0 Å². The molecule has 0 unspecified atom stereocenters. The number of imidazole rings is 1. The maximum absolute atomic E-state index is 5.91. The number of halogens is 1. The summed E-state index contributed by atoms with van der Waals surface area (Å²) < 4.78 is 1.96. The van der Waals surface area contributed by atoms with Crippen LogP contribution in [-0.4, -0.2) is 9.38 Å². The van der Waals surface area contributed by atoms with Crippen molar-refractivity contribution in [2.45, 2.75) is 19.9 Å². The monoisotopic (exact) mass is 209 g/mol. The zero-order chi connectivity index (χ0) is 10.1. The van der Waals surface area contributed by atoms with Gasteiger partial charge in [-0.25, -0.2) is 4.98 Å². The summed E-state index contributed by atoms with van der Waals surface area (Å²) in [6, 6.07) is 3.74. The van der Waals surface area contributed by atoms with Crippen LogP contribution in [0.3, 0.4) is 0 Å². The molecule has 0 saturated carbocycles. The number of aromatic nitrogens is 2. The molecule has 0 aliphatic rings. The smallest absolute Gasteiger partial charge is 0.137 e. The fraction of sp³-hybridized carbons (Fsp3) is 0.300. The number of nitrogens with two attached hydrogens (primary N) is 1. The number of aryl methyl sites for hydroxylation is 1. The Hall–Kier alpha value is -1.06. The Kier molecular flexibility index (Phi) is 2.44. The van der Waals surface area contributed by atoms with Crippen molar-refractivity contribution in [2.75, 3.05) is 0 Å². The molecular formula is C10H12ClN3. The van der Waals surface area contributed by atoms with Crippen molar-refractivity contribution in [3.63, 3.8) is 0 Å². The van der Waals surface area contributed by atoms with Gasteiger partial charge in [-0.1, -0.05) is 18.5 Å². The van der Waals surface area contributed by atoms with Gasteiger partial charge in [-0.3, -0.25) is 0 Å². The molecule has 0 amide bonds. The highest BCUT2D eigenvalue weighted by Crippen LogP contribution is 2.16. The first-order valence-corrected chi connectivity index (χ1v) is 4.99. The van der Waals surface area contributed by atoms with Gasteiger partial charge in [0, 0.05) is 12.7 Å². The minimum Gasteiger partial charge on any atom is -0.325 e. The van der Waals surface area contributed by atoms with Crippen molar-refractivity contribution in [3.8, 4) is 0 Å². The third kappa shape index (κ3) is 1.38. The first-order chi connectivity index (χ1) is 6.76. The van der Waals surface area contributed by atoms with Crippen molar-refractivity contribution in [2.24, 2.45) is 5.73 Å². The minimum absolute atomic E-state index is 0.491. The van der Waals surface area contributed by atoms with Crippen LogP contribution in [0, 0.1) is 0 Å². The molecule has 74 valence electrons. The van der Waals surface area contributed by atoms with Crippen molar-refractivity contribution in [1.82, 2.24) is 9.38 Å². The number of pyridine rings is 1. The van der Waals surface area contributed by atoms with E-state index >= 15 is 0 Å². The predicted molar refractivity (Wildman–Crippen MR) is 57.5 cm³/mol. The summed E-state index contributed by atoms with van der Waals surface area (Å²) in [7, 11) is 0. The van der Waals surface area contributed by atoms with Crippen LogP contribution in [0.5, 0.6) is 0 Å². The third-order valence-electron chi connectivity index (χ3n) is 2.29. The van der Waals surface area contributed by atoms with E-state index in [1.54, 1.807) is 0 Å². The molecule has 0 aliphatic carbocycles. The molecule has 3 nitrogen and oxygen atoms in total.